The summed E-state index contributed by atoms with van der Waals surface area (Å²) < 4.78 is 0. The number of likely N-dealkylation sites (tertiary alicyclic amines) is 2. The van der Waals surface area contributed by atoms with Crippen LogP contribution >= 0.6 is 0 Å². The van der Waals surface area contributed by atoms with Gasteiger partial charge >= 0.3 is 6.03 Å². The van der Waals surface area contributed by atoms with Gasteiger partial charge in [-0.05, 0) is 25.7 Å². The maximum Gasteiger partial charge on any atom is 0.320 e. The van der Waals surface area contributed by atoms with E-state index in [0.29, 0.717) is 6.54 Å². The molecule has 1 N–H and O–H groups in total. The first-order valence-corrected chi connectivity index (χ1v) is 6.44. The van der Waals surface area contributed by atoms with Crippen LogP contribution in [0.1, 0.15) is 32.6 Å². The summed E-state index contributed by atoms with van der Waals surface area (Å²) in [5.41, 5.74) is 0. The normalized spacial score (nSPS) is 30.9. The Morgan fingerprint density at radius 2 is 1.94 bits per heavy atom. The number of urea groups is 1. The standard InChI is InChI=1S/C12H22N2O2/c1-2-10-9-14(8-5-11(10)15)12(16)13-6-3-4-7-13/h10-11,15H,2-9H2,1H3. The minimum absolute atomic E-state index is 0.183. The van der Waals surface area contributed by atoms with Crippen molar-refractivity contribution in [1.29, 1.82) is 0 Å². The number of rotatable bonds is 1. The summed E-state index contributed by atoms with van der Waals surface area (Å²) in [7, 11) is 0. The lowest BCUT2D eigenvalue weighted by atomic mass is 9.93. The summed E-state index contributed by atoms with van der Waals surface area (Å²) in [4.78, 5) is 16.0. The van der Waals surface area contributed by atoms with Crippen LogP contribution < -0.4 is 0 Å². The summed E-state index contributed by atoms with van der Waals surface area (Å²) in [5.74, 6) is 0.264. The molecule has 2 unspecified atom stereocenters. The highest BCUT2D eigenvalue weighted by molar-refractivity contribution is 5.74. The van der Waals surface area contributed by atoms with Crippen molar-refractivity contribution in [2.45, 2.75) is 38.7 Å². The first-order valence-electron chi connectivity index (χ1n) is 6.44. The fourth-order valence-electron chi connectivity index (χ4n) is 2.70. The number of piperidine rings is 1. The first-order chi connectivity index (χ1) is 7.72. The topological polar surface area (TPSA) is 43.8 Å². The highest BCUT2D eigenvalue weighted by atomic mass is 16.3. The van der Waals surface area contributed by atoms with Crippen molar-refractivity contribution in [3.8, 4) is 0 Å². The molecule has 2 heterocycles. The molecule has 0 aromatic rings. The van der Waals surface area contributed by atoms with Crippen LogP contribution in [0.25, 0.3) is 0 Å². The van der Waals surface area contributed by atoms with Gasteiger partial charge in [-0.15, -0.1) is 0 Å². The maximum atomic E-state index is 12.1. The second kappa shape index (κ2) is 5.04. The lowest BCUT2D eigenvalue weighted by Gasteiger charge is -2.37. The second-order valence-electron chi connectivity index (χ2n) is 4.95. The summed E-state index contributed by atoms with van der Waals surface area (Å²) in [5, 5.41) is 9.78. The number of hydrogen-bond donors (Lipinski definition) is 1. The zero-order valence-corrected chi connectivity index (χ0v) is 10.1. The fourth-order valence-corrected chi connectivity index (χ4v) is 2.70. The molecule has 0 bridgehead atoms. The van der Waals surface area contributed by atoms with Gasteiger partial charge in [-0.3, -0.25) is 0 Å². The van der Waals surface area contributed by atoms with Gasteiger partial charge in [0.2, 0.25) is 0 Å². The van der Waals surface area contributed by atoms with E-state index < -0.39 is 0 Å². The molecule has 2 aliphatic heterocycles. The molecule has 2 atom stereocenters. The zero-order valence-electron chi connectivity index (χ0n) is 10.1. The molecule has 4 heteroatoms. The maximum absolute atomic E-state index is 12.1. The minimum Gasteiger partial charge on any atom is -0.393 e. The highest BCUT2D eigenvalue weighted by Gasteiger charge is 2.31. The van der Waals surface area contributed by atoms with Gasteiger partial charge in [0.25, 0.3) is 0 Å². The van der Waals surface area contributed by atoms with Crippen LogP contribution in [0.4, 0.5) is 4.79 Å². The summed E-state index contributed by atoms with van der Waals surface area (Å²) in [6, 6.07) is 0.183. The Hall–Kier alpha value is -0.770. The quantitative estimate of drug-likeness (QED) is 0.732. The van der Waals surface area contributed by atoms with Gasteiger partial charge in [-0.1, -0.05) is 6.92 Å². The second-order valence-corrected chi connectivity index (χ2v) is 4.95. The molecule has 0 saturated carbocycles. The van der Waals surface area contributed by atoms with E-state index in [4.69, 9.17) is 0 Å². The van der Waals surface area contributed by atoms with Crippen LogP contribution in [0.5, 0.6) is 0 Å². The van der Waals surface area contributed by atoms with Crippen molar-refractivity contribution in [3.05, 3.63) is 0 Å². The Balaban J connectivity index is 1.91. The Morgan fingerprint density at radius 3 is 2.56 bits per heavy atom. The Kier molecular flexibility index (Phi) is 3.69. The van der Waals surface area contributed by atoms with Gasteiger partial charge in [0, 0.05) is 32.1 Å². The average molecular weight is 226 g/mol. The summed E-state index contributed by atoms with van der Waals surface area (Å²) in [6.07, 6.45) is 3.75. The average Bonchev–Trinajstić information content (AvgIpc) is 2.82. The SMILES string of the molecule is CCC1CN(C(=O)N2CCCC2)CCC1O. The van der Waals surface area contributed by atoms with Crippen molar-refractivity contribution in [1.82, 2.24) is 9.80 Å². The van der Waals surface area contributed by atoms with Crippen LogP contribution in [0.2, 0.25) is 0 Å². The molecule has 0 aliphatic carbocycles. The van der Waals surface area contributed by atoms with Gasteiger partial charge in [0.05, 0.1) is 6.10 Å². The third-order valence-corrected chi connectivity index (χ3v) is 3.87. The van der Waals surface area contributed by atoms with Crippen LogP contribution in [0.15, 0.2) is 0 Å². The van der Waals surface area contributed by atoms with E-state index in [2.05, 4.69) is 6.92 Å². The number of aliphatic hydroxyl groups excluding tert-OH is 1. The fraction of sp³-hybridized carbons (Fsp3) is 0.917. The predicted molar refractivity (Wildman–Crippen MR) is 62.2 cm³/mol. The molecule has 0 radical (unpaired) electrons. The summed E-state index contributed by atoms with van der Waals surface area (Å²) >= 11 is 0. The Labute approximate surface area is 97.2 Å². The van der Waals surface area contributed by atoms with Gasteiger partial charge in [0.1, 0.15) is 0 Å². The van der Waals surface area contributed by atoms with E-state index in [-0.39, 0.29) is 18.1 Å². The molecule has 16 heavy (non-hydrogen) atoms. The Morgan fingerprint density at radius 1 is 1.25 bits per heavy atom. The van der Waals surface area contributed by atoms with E-state index in [1.807, 2.05) is 9.80 Å². The van der Waals surface area contributed by atoms with E-state index in [0.717, 1.165) is 45.3 Å². The molecule has 2 fully saturated rings. The Bertz CT molecular complexity index is 251. The van der Waals surface area contributed by atoms with E-state index in [9.17, 15) is 9.90 Å². The summed E-state index contributed by atoms with van der Waals surface area (Å²) in [6.45, 7) is 5.35. The molecule has 92 valence electrons. The molecule has 4 nitrogen and oxygen atoms in total. The number of carbonyl (C=O) groups is 1. The third kappa shape index (κ3) is 2.32. The highest BCUT2D eigenvalue weighted by Crippen LogP contribution is 2.22. The molecule has 0 aromatic carbocycles. The number of aliphatic hydroxyl groups is 1. The molecule has 2 amide bonds. The number of amides is 2. The van der Waals surface area contributed by atoms with E-state index >= 15 is 0 Å². The third-order valence-electron chi connectivity index (χ3n) is 3.87. The molecular formula is C12H22N2O2. The lowest BCUT2D eigenvalue weighted by Crippen LogP contribution is -2.50. The predicted octanol–water partition coefficient (Wildman–Crippen LogP) is 1.30. The molecule has 0 spiro atoms. The monoisotopic (exact) mass is 226 g/mol. The van der Waals surface area contributed by atoms with Gasteiger partial charge in [-0.2, -0.15) is 0 Å². The van der Waals surface area contributed by atoms with Gasteiger partial charge in [-0.25, -0.2) is 4.79 Å². The number of hydrogen-bond acceptors (Lipinski definition) is 2. The first kappa shape index (κ1) is 11.7. The van der Waals surface area contributed by atoms with Crippen LogP contribution in [-0.4, -0.2) is 53.2 Å². The number of carbonyl (C=O) groups excluding carboxylic acids is 1. The van der Waals surface area contributed by atoms with Crippen LogP contribution in [0.3, 0.4) is 0 Å². The van der Waals surface area contributed by atoms with Gasteiger partial charge < -0.3 is 14.9 Å². The molecular weight excluding hydrogens is 204 g/mol. The van der Waals surface area contributed by atoms with Crippen molar-refractivity contribution in [2.75, 3.05) is 26.2 Å². The van der Waals surface area contributed by atoms with E-state index in [1.165, 1.54) is 0 Å². The molecule has 0 aromatic heterocycles. The van der Waals surface area contributed by atoms with Crippen LogP contribution in [0, 0.1) is 5.92 Å². The minimum atomic E-state index is -0.215. The molecule has 2 rings (SSSR count). The zero-order chi connectivity index (χ0) is 11.5. The van der Waals surface area contributed by atoms with Crippen LogP contribution in [-0.2, 0) is 0 Å². The molecule has 2 saturated heterocycles. The van der Waals surface area contributed by atoms with E-state index in [1.54, 1.807) is 0 Å². The van der Waals surface area contributed by atoms with Crippen molar-refractivity contribution in [2.24, 2.45) is 5.92 Å². The van der Waals surface area contributed by atoms with Gasteiger partial charge in [0.15, 0.2) is 0 Å². The van der Waals surface area contributed by atoms with Crippen molar-refractivity contribution >= 4 is 6.03 Å². The lowest BCUT2D eigenvalue weighted by molar-refractivity contribution is 0.0325. The van der Waals surface area contributed by atoms with Crippen molar-refractivity contribution in [3.63, 3.8) is 0 Å². The molecule has 2 aliphatic rings. The largest absolute Gasteiger partial charge is 0.393 e. The van der Waals surface area contributed by atoms with Crippen molar-refractivity contribution < 1.29 is 9.90 Å². The number of nitrogens with zero attached hydrogens (tertiary/aromatic N) is 2. The smallest absolute Gasteiger partial charge is 0.320 e.